The number of aromatic nitrogens is 1. The molecule has 0 aliphatic rings. The van der Waals surface area contributed by atoms with E-state index in [1.807, 2.05) is 37.1 Å². The van der Waals surface area contributed by atoms with Crippen LogP contribution in [0.4, 0.5) is 5.69 Å². The number of nitrogens with zero attached hydrogens (tertiary/aromatic N) is 3. The molecule has 0 radical (unpaired) electrons. The summed E-state index contributed by atoms with van der Waals surface area (Å²) in [5, 5.41) is 19.0. The standard InChI is InChI=1S/C20H20Cl2N4O2/c1-12(8-13-6-4-3-5-7-13)26(2)11-17(27)24-25-19-15-9-14(21)10-16(22)18(15)23-20(19)28/h3-7,9-10,12,23,28H,8,11H2,1-2H3. The van der Waals surface area contributed by atoms with E-state index in [1.54, 1.807) is 12.1 Å². The van der Waals surface area contributed by atoms with Gasteiger partial charge in [0.2, 0.25) is 5.88 Å². The highest BCUT2D eigenvalue weighted by atomic mass is 35.5. The van der Waals surface area contributed by atoms with Crippen LogP contribution in [0.15, 0.2) is 52.7 Å². The number of fused-ring (bicyclic) bond motifs is 1. The summed E-state index contributed by atoms with van der Waals surface area (Å²) in [6, 6.07) is 13.4. The Hall–Kier alpha value is -2.41. The third-order valence-corrected chi connectivity index (χ3v) is 5.07. The van der Waals surface area contributed by atoms with E-state index in [0.717, 1.165) is 6.42 Å². The summed E-state index contributed by atoms with van der Waals surface area (Å²) in [5.41, 5.74) is 1.82. The molecule has 0 fully saturated rings. The van der Waals surface area contributed by atoms with E-state index in [9.17, 15) is 9.90 Å². The van der Waals surface area contributed by atoms with Gasteiger partial charge in [0.25, 0.3) is 5.91 Å². The number of carbonyl (C=O) groups excluding carboxylic acids is 1. The maximum absolute atomic E-state index is 12.2. The van der Waals surface area contributed by atoms with Crippen LogP contribution >= 0.6 is 23.2 Å². The lowest BCUT2D eigenvalue weighted by atomic mass is 10.1. The van der Waals surface area contributed by atoms with Crippen molar-refractivity contribution in [3.05, 3.63) is 58.1 Å². The molecule has 3 aromatic rings. The zero-order chi connectivity index (χ0) is 20.3. The average molecular weight is 419 g/mol. The van der Waals surface area contributed by atoms with Gasteiger partial charge in [-0.25, -0.2) is 0 Å². The van der Waals surface area contributed by atoms with Crippen LogP contribution in [0.1, 0.15) is 12.5 Å². The zero-order valence-corrected chi connectivity index (χ0v) is 17.0. The fourth-order valence-corrected chi connectivity index (χ4v) is 3.45. The first-order valence-electron chi connectivity index (χ1n) is 8.73. The Bertz CT molecular complexity index is 1020. The zero-order valence-electron chi connectivity index (χ0n) is 15.5. The van der Waals surface area contributed by atoms with Gasteiger partial charge in [0, 0.05) is 16.5 Å². The van der Waals surface area contributed by atoms with E-state index < -0.39 is 5.91 Å². The van der Waals surface area contributed by atoms with E-state index >= 15 is 0 Å². The van der Waals surface area contributed by atoms with Gasteiger partial charge in [-0.1, -0.05) is 53.5 Å². The number of likely N-dealkylation sites (N-methyl/N-ethyl adjacent to an activating group) is 1. The van der Waals surface area contributed by atoms with Crippen molar-refractivity contribution in [1.29, 1.82) is 0 Å². The molecule has 2 N–H and O–H groups in total. The van der Waals surface area contributed by atoms with Crippen LogP contribution in [0.2, 0.25) is 10.0 Å². The van der Waals surface area contributed by atoms with Gasteiger partial charge in [-0.05, 0) is 38.1 Å². The van der Waals surface area contributed by atoms with Crippen molar-refractivity contribution in [2.75, 3.05) is 13.6 Å². The summed E-state index contributed by atoms with van der Waals surface area (Å²) in [4.78, 5) is 16.9. The number of amides is 1. The highest BCUT2D eigenvalue weighted by Gasteiger charge is 2.16. The Morgan fingerprint density at radius 2 is 1.96 bits per heavy atom. The summed E-state index contributed by atoms with van der Waals surface area (Å²) < 4.78 is 0. The van der Waals surface area contributed by atoms with Crippen molar-refractivity contribution in [2.24, 2.45) is 10.2 Å². The van der Waals surface area contributed by atoms with Crippen LogP contribution in [0.25, 0.3) is 10.9 Å². The van der Waals surface area contributed by atoms with Gasteiger partial charge in [-0.3, -0.25) is 9.69 Å². The minimum atomic E-state index is -0.413. The third kappa shape index (κ3) is 4.70. The van der Waals surface area contributed by atoms with Crippen LogP contribution in [0.5, 0.6) is 5.88 Å². The molecule has 28 heavy (non-hydrogen) atoms. The molecule has 0 aliphatic carbocycles. The summed E-state index contributed by atoms with van der Waals surface area (Å²) in [7, 11) is 1.86. The topological polar surface area (TPSA) is 81.1 Å². The first-order chi connectivity index (χ1) is 13.3. The molecule has 8 heteroatoms. The Morgan fingerprint density at radius 3 is 2.68 bits per heavy atom. The highest BCUT2D eigenvalue weighted by Crippen LogP contribution is 2.40. The molecule has 0 aliphatic heterocycles. The number of aromatic amines is 1. The van der Waals surface area contributed by atoms with Crippen LogP contribution < -0.4 is 0 Å². The van der Waals surface area contributed by atoms with Gasteiger partial charge >= 0.3 is 0 Å². The molecule has 3 rings (SSSR count). The van der Waals surface area contributed by atoms with Crippen molar-refractivity contribution in [3.63, 3.8) is 0 Å². The number of H-pyrrole nitrogens is 1. The SMILES string of the molecule is CC(Cc1ccccc1)N(C)CC(=O)N=Nc1c(O)[nH]c2c(Cl)cc(Cl)cc12. The lowest BCUT2D eigenvalue weighted by molar-refractivity contribution is -0.119. The molecule has 1 aromatic heterocycles. The number of benzene rings is 2. The Balaban J connectivity index is 1.68. The van der Waals surface area contributed by atoms with Gasteiger partial charge in [0.1, 0.15) is 0 Å². The molecule has 2 aromatic carbocycles. The van der Waals surface area contributed by atoms with Gasteiger partial charge in [0.05, 0.1) is 17.1 Å². The molecule has 0 spiro atoms. The number of hydrogen-bond acceptors (Lipinski definition) is 4. The Kier molecular flexibility index (Phi) is 6.34. The molecule has 0 bridgehead atoms. The number of carbonyl (C=O) groups is 1. The molecule has 1 heterocycles. The van der Waals surface area contributed by atoms with Crippen LogP contribution in [-0.4, -0.2) is 40.5 Å². The Labute approximate surface area is 172 Å². The van der Waals surface area contributed by atoms with Gasteiger partial charge in [-0.2, -0.15) is 0 Å². The van der Waals surface area contributed by atoms with E-state index in [4.69, 9.17) is 23.2 Å². The van der Waals surface area contributed by atoms with E-state index in [-0.39, 0.29) is 24.2 Å². The minimum absolute atomic E-state index is 0.113. The molecule has 0 saturated carbocycles. The lowest BCUT2D eigenvalue weighted by Gasteiger charge is -2.23. The second-order valence-electron chi connectivity index (χ2n) is 6.68. The van der Waals surface area contributed by atoms with Crippen molar-refractivity contribution in [1.82, 2.24) is 9.88 Å². The number of rotatable bonds is 6. The molecule has 1 unspecified atom stereocenters. The third-order valence-electron chi connectivity index (χ3n) is 4.55. The minimum Gasteiger partial charge on any atom is -0.493 e. The van der Waals surface area contributed by atoms with Crippen molar-refractivity contribution < 1.29 is 9.90 Å². The van der Waals surface area contributed by atoms with Crippen molar-refractivity contribution in [2.45, 2.75) is 19.4 Å². The second kappa shape index (κ2) is 8.73. The molecule has 1 amide bonds. The van der Waals surface area contributed by atoms with Crippen LogP contribution in [0.3, 0.4) is 0 Å². The summed E-state index contributed by atoms with van der Waals surface area (Å²) in [5.74, 6) is -0.634. The fraction of sp³-hybridized carbons (Fsp3) is 0.250. The monoisotopic (exact) mass is 418 g/mol. The van der Waals surface area contributed by atoms with E-state index in [0.29, 0.717) is 20.9 Å². The van der Waals surface area contributed by atoms with Gasteiger partial charge in [0.15, 0.2) is 5.69 Å². The van der Waals surface area contributed by atoms with Crippen molar-refractivity contribution in [3.8, 4) is 5.88 Å². The maximum Gasteiger partial charge on any atom is 0.278 e. The van der Waals surface area contributed by atoms with E-state index in [1.165, 1.54) is 5.56 Å². The van der Waals surface area contributed by atoms with Crippen molar-refractivity contribution >= 4 is 45.7 Å². The molecule has 1 atom stereocenters. The summed E-state index contributed by atoms with van der Waals surface area (Å²) >= 11 is 12.1. The van der Waals surface area contributed by atoms with E-state index in [2.05, 4.69) is 27.3 Å². The average Bonchev–Trinajstić information content (AvgIpc) is 2.96. The fourth-order valence-electron chi connectivity index (χ4n) is 2.91. The second-order valence-corrected chi connectivity index (χ2v) is 7.52. The van der Waals surface area contributed by atoms with Crippen LogP contribution in [0, 0.1) is 0 Å². The smallest absolute Gasteiger partial charge is 0.278 e. The van der Waals surface area contributed by atoms with Gasteiger partial charge < -0.3 is 10.1 Å². The number of nitrogens with one attached hydrogen (secondary N) is 1. The Morgan fingerprint density at radius 1 is 1.25 bits per heavy atom. The summed E-state index contributed by atoms with van der Waals surface area (Å²) in [6.45, 7) is 2.16. The first kappa shape index (κ1) is 20.3. The first-order valence-corrected chi connectivity index (χ1v) is 9.49. The number of hydrogen-bond donors (Lipinski definition) is 2. The quantitative estimate of drug-likeness (QED) is 0.529. The lowest BCUT2D eigenvalue weighted by Crippen LogP contribution is -2.34. The number of halogens is 2. The molecule has 6 nitrogen and oxygen atoms in total. The maximum atomic E-state index is 12.2. The largest absolute Gasteiger partial charge is 0.493 e. The predicted molar refractivity (Wildman–Crippen MR) is 112 cm³/mol. The molecule has 146 valence electrons. The summed E-state index contributed by atoms with van der Waals surface area (Å²) in [6.07, 6.45) is 0.821. The molecule has 0 saturated heterocycles. The number of aromatic hydroxyl groups is 1. The highest BCUT2D eigenvalue weighted by molar-refractivity contribution is 6.38. The van der Waals surface area contributed by atoms with Crippen LogP contribution in [-0.2, 0) is 11.2 Å². The predicted octanol–water partition coefficient (Wildman–Crippen LogP) is 5.35. The number of azo groups is 1. The molecular weight excluding hydrogens is 399 g/mol. The normalized spacial score (nSPS) is 12.9. The molecular formula is C20H20Cl2N4O2. The van der Waals surface area contributed by atoms with Gasteiger partial charge in [-0.15, -0.1) is 10.2 Å².